The number of rotatable bonds is 2. The Kier molecular flexibility index (Phi) is 3.06. The maximum atomic E-state index is 13.4. The smallest absolute Gasteiger partial charge is 0.187 e. The molecule has 2 nitrogen and oxygen atoms in total. The summed E-state index contributed by atoms with van der Waals surface area (Å²) in [5.41, 5.74) is -0.575. The van der Waals surface area contributed by atoms with E-state index >= 15 is 0 Å². The summed E-state index contributed by atoms with van der Waals surface area (Å²) >= 11 is 5.46. The molecule has 1 heterocycles. The summed E-state index contributed by atoms with van der Waals surface area (Å²) < 4.78 is 53.3. The minimum absolute atomic E-state index is 0.0219. The van der Waals surface area contributed by atoms with Crippen LogP contribution in [-0.2, 0) is 5.88 Å². The van der Waals surface area contributed by atoms with Gasteiger partial charge in [-0.15, -0.1) is 11.6 Å². The van der Waals surface area contributed by atoms with Gasteiger partial charge in [-0.25, -0.2) is 22.2 Å². The monoisotopic (exact) mass is 264 g/mol. The van der Waals surface area contributed by atoms with Gasteiger partial charge in [-0.05, 0) is 6.07 Å². The Labute approximate surface area is 98.4 Å². The van der Waals surface area contributed by atoms with Crippen molar-refractivity contribution in [1.29, 1.82) is 0 Å². The lowest BCUT2D eigenvalue weighted by molar-refractivity contribution is 0.444. The minimum Gasteiger partial charge on any atom is -0.234 e. The zero-order valence-corrected chi connectivity index (χ0v) is 8.98. The Morgan fingerprint density at radius 1 is 1.12 bits per heavy atom. The van der Waals surface area contributed by atoms with Crippen molar-refractivity contribution in [3.8, 4) is 5.69 Å². The Morgan fingerprint density at radius 2 is 1.71 bits per heavy atom. The van der Waals surface area contributed by atoms with Gasteiger partial charge < -0.3 is 0 Å². The molecular weight excluding hydrogens is 260 g/mol. The molecule has 0 saturated heterocycles. The number of hydrogen-bond acceptors (Lipinski definition) is 1. The van der Waals surface area contributed by atoms with Crippen LogP contribution in [0.2, 0.25) is 0 Å². The molecule has 0 saturated carbocycles. The van der Waals surface area contributed by atoms with Gasteiger partial charge in [-0.2, -0.15) is 5.10 Å². The Bertz CT molecular complexity index is 541. The van der Waals surface area contributed by atoms with Gasteiger partial charge in [0.2, 0.25) is 0 Å². The van der Waals surface area contributed by atoms with Crippen molar-refractivity contribution in [1.82, 2.24) is 9.78 Å². The van der Waals surface area contributed by atoms with Crippen LogP contribution in [0.15, 0.2) is 18.3 Å². The first-order valence-corrected chi connectivity index (χ1v) is 5.02. The molecule has 0 aliphatic carbocycles. The number of nitrogens with zero attached hydrogens (tertiary/aromatic N) is 2. The number of aromatic nitrogens is 2. The molecule has 0 spiro atoms. The van der Waals surface area contributed by atoms with Crippen LogP contribution in [0.3, 0.4) is 0 Å². The van der Waals surface area contributed by atoms with E-state index in [0.29, 0.717) is 10.4 Å². The standard InChI is InChI=1S/C10H5ClF4N2/c11-4-5-1-2-17(16-5)10-8(14)6(12)3-7(13)9(10)15/h1-3H,4H2. The Hall–Kier alpha value is -1.56. The minimum atomic E-state index is -1.51. The number of benzene rings is 1. The highest BCUT2D eigenvalue weighted by Gasteiger charge is 2.21. The first-order valence-electron chi connectivity index (χ1n) is 4.48. The molecule has 0 aliphatic heterocycles. The van der Waals surface area contributed by atoms with E-state index in [9.17, 15) is 17.6 Å². The third-order valence-corrected chi connectivity index (χ3v) is 2.37. The number of halogens is 5. The largest absolute Gasteiger partial charge is 0.234 e. The van der Waals surface area contributed by atoms with Gasteiger partial charge in [-0.3, -0.25) is 0 Å². The van der Waals surface area contributed by atoms with Crippen LogP contribution in [0, 0.1) is 23.3 Å². The normalized spacial score (nSPS) is 10.9. The van der Waals surface area contributed by atoms with E-state index in [1.807, 2.05) is 0 Å². The molecule has 17 heavy (non-hydrogen) atoms. The van der Waals surface area contributed by atoms with Crippen molar-refractivity contribution in [2.45, 2.75) is 5.88 Å². The average molecular weight is 265 g/mol. The van der Waals surface area contributed by atoms with Crippen molar-refractivity contribution in [3.05, 3.63) is 47.3 Å². The quantitative estimate of drug-likeness (QED) is 0.463. The van der Waals surface area contributed by atoms with E-state index in [1.165, 1.54) is 6.07 Å². The first kappa shape index (κ1) is 11.9. The molecule has 0 N–H and O–H groups in total. The van der Waals surface area contributed by atoms with E-state index in [0.717, 1.165) is 6.20 Å². The number of hydrogen-bond donors (Lipinski definition) is 0. The third-order valence-electron chi connectivity index (χ3n) is 2.10. The van der Waals surface area contributed by atoms with Crippen molar-refractivity contribution >= 4 is 11.6 Å². The topological polar surface area (TPSA) is 17.8 Å². The fraction of sp³-hybridized carbons (Fsp3) is 0.100. The maximum Gasteiger partial charge on any atom is 0.187 e. The maximum absolute atomic E-state index is 13.4. The molecule has 0 aliphatic rings. The summed E-state index contributed by atoms with van der Waals surface area (Å²) in [7, 11) is 0. The zero-order valence-electron chi connectivity index (χ0n) is 8.22. The molecular formula is C10H5ClF4N2. The second-order valence-electron chi connectivity index (χ2n) is 3.20. The zero-order chi connectivity index (χ0) is 12.6. The highest BCUT2D eigenvalue weighted by atomic mass is 35.5. The first-order chi connectivity index (χ1) is 8.04. The molecule has 1 aromatic carbocycles. The molecule has 2 rings (SSSR count). The van der Waals surface area contributed by atoms with E-state index < -0.39 is 29.0 Å². The molecule has 90 valence electrons. The van der Waals surface area contributed by atoms with Crippen molar-refractivity contribution in [2.24, 2.45) is 0 Å². The van der Waals surface area contributed by atoms with E-state index in [-0.39, 0.29) is 11.9 Å². The highest BCUT2D eigenvalue weighted by molar-refractivity contribution is 6.16. The summed E-state index contributed by atoms with van der Waals surface area (Å²) in [5, 5.41) is 3.67. The van der Waals surface area contributed by atoms with Crippen molar-refractivity contribution in [2.75, 3.05) is 0 Å². The molecule has 0 radical (unpaired) electrons. The summed E-state index contributed by atoms with van der Waals surface area (Å²) in [6.45, 7) is 0. The van der Waals surface area contributed by atoms with Gasteiger partial charge in [0, 0.05) is 12.3 Å². The van der Waals surface area contributed by atoms with Gasteiger partial charge >= 0.3 is 0 Å². The highest BCUT2D eigenvalue weighted by Crippen LogP contribution is 2.22. The third kappa shape index (κ3) is 2.00. The summed E-state index contributed by atoms with van der Waals surface area (Å²) in [5.74, 6) is -5.96. The van der Waals surface area contributed by atoms with Crippen LogP contribution in [0.1, 0.15) is 5.69 Å². The molecule has 7 heteroatoms. The lowest BCUT2D eigenvalue weighted by atomic mass is 10.2. The molecule has 0 amide bonds. The van der Waals surface area contributed by atoms with Gasteiger partial charge in [0.25, 0.3) is 0 Å². The van der Waals surface area contributed by atoms with Crippen LogP contribution in [-0.4, -0.2) is 9.78 Å². The lowest BCUT2D eigenvalue weighted by Crippen LogP contribution is -2.07. The van der Waals surface area contributed by atoms with E-state index in [2.05, 4.69) is 5.10 Å². The molecule has 2 aromatic rings. The van der Waals surface area contributed by atoms with Crippen LogP contribution >= 0.6 is 11.6 Å². The van der Waals surface area contributed by atoms with Gasteiger partial charge in [0.15, 0.2) is 23.3 Å². The molecule has 0 atom stereocenters. The lowest BCUT2D eigenvalue weighted by Gasteiger charge is -2.06. The Morgan fingerprint density at radius 3 is 2.18 bits per heavy atom. The number of alkyl halides is 1. The van der Waals surface area contributed by atoms with Crippen LogP contribution in [0.4, 0.5) is 17.6 Å². The molecule has 1 aromatic heterocycles. The Balaban J connectivity index is 2.65. The van der Waals surface area contributed by atoms with Crippen molar-refractivity contribution < 1.29 is 17.6 Å². The fourth-order valence-corrected chi connectivity index (χ4v) is 1.46. The molecule has 0 fully saturated rings. The fourth-order valence-electron chi connectivity index (χ4n) is 1.32. The second kappa shape index (κ2) is 4.37. The van der Waals surface area contributed by atoms with Crippen LogP contribution in [0.25, 0.3) is 5.69 Å². The molecule has 0 bridgehead atoms. The van der Waals surface area contributed by atoms with Crippen LogP contribution in [0.5, 0.6) is 0 Å². The van der Waals surface area contributed by atoms with E-state index in [1.54, 1.807) is 0 Å². The summed E-state index contributed by atoms with van der Waals surface area (Å²) in [6.07, 6.45) is 1.16. The SMILES string of the molecule is Fc1cc(F)c(F)c(-n2ccc(CCl)n2)c1F. The summed E-state index contributed by atoms with van der Waals surface area (Å²) in [4.78, 5) is 0. The predicted molar refractivity (Wildman–Crippen MR) is 53.0 cm³/mol. The van der Waals surface area contributed by atoms with Gasteiger partial charge in [0.05, 0.1) is 11.6 Å². The van der Waals surface area contributed by atoms with Gasteiger partial charge in [-0.1, -0.05) is 0 Å². The summed E-state index contributed by atoms with van der Waals surface area (Å²) in [6, 6.07) is 1.52. The van der Waals surface area contributed by atoms with Gasteiger partial charge in [0.1, 0.15) is 5.69 Å². The predicted octanol–water partition coefficient (Wildman–Crippen LogP) is 3.17. The van der Waals surface area contributed by atoms with E-state index in [4.69, 9.17) is 11.6 Å². The van der Waals surface area contributed by atoms with Crippen LogP contribution < -0.4 is 0 Å². The molecule has 0 unspecified atom stereocenters. The second-order valence-corrected chi connectivity index (χ2v) is 3.47. The average Bonchev–Trinajstić information content (AvgIpc) is 2.75. The van der Waals surface area contributed by atoms with Crippen molar-refractivity contribution in [3.63, 3.8) is 0 Å².